The van der Waals surface area contributed by atoms with E-state index in [1.807, 2.05) is 41.8 Å². The normalized spacial score (nSPS) is 12.2. The molecule has 0 rings (SSSR count). The Balaban J connectivity index is 4.37. The van der Waals surface area contributed by atoms with E-state index in [-0.39, 0.29) is 11.9 Å². The fourth-order valence-corrected chi connectivity index (χ4v) is 7.58. The van der Waals surface area contributed by atoms with Crippen LogP contribution in [0.4, 0.5) is 0 Å². The molecule has 0 bridgehead atoms. The van der Waals surface area contributed by atoms with E-state index in [9.17, 15) is 14.4 Å². The smallest absolute Gasteiger partial charge is 0.311 e. The van der Waals surface area contributed by atoms with E-state index in [1.54, 1.807) is 0 Å². The van der Waals surface area contributed by atoms with E-state index in [0.29, 0.717) is 37.8 Å². The van der Waals surface area contributed by atoms with Crippen molar-refractivity contribution < 1.29 is 23.9 Å². The molecule has 0 aliphatic carbocycles. The van der Waals surface area contributed by atoms with Gasteiger partial charge < -0.3 is 14.4 Å². The van der Waals surface area contributed by atoms with Crippen LogP contribution in [0.5, 0.6) is 0 Å². The summed E-state index contributed by atoms with van der Waals surface area (Å²) in [5.41, 5.74) is -0.902. The van der Waals surface area contributed by atoms with Gasteiger partial charge in [-0.05, 0) is 73.4 Å². The van der Waals surface area contributed by atoms with Gasteiger partial charge in [0.2, 0.25) is 0 Å². The molecule has 0 amide bonds. The van der Waals surface area contributed by atoms with E-state index < -0.39 is 10.8 Å². The third kappa shape index (κ3) is 33.3. The first kappa shape index (κ1) is 53.6. The second-order valence-electron chi connectivity index (χ2n) is 18.8. The number of ether oxygens (including phenoxy) is 2. The van der Waals surface area contributed by atoms with E-state index in [2.05, 4.69) is 18.7 Å². The highest BCUT2D eigenvalue weighted by Gasteiger charge is 2.29. The van der Waals surface area contributed by atoms with Gasteiger partial charge >= 0.3 is 11.9 Å². The molecule has 0 N–H and O–H groups in total. The molecule has 0 saturated heterocycles. The lowest BCUT2D eigenvalue weighted by Crippen LogP contribution is -2.27. The minimum absolute atomic E-state index is 0.0571. The van der Waals surface area contributed by atoms with Crippen LogP contribution in [0.1, 0.15) is 247 Å². The van der Waals surface area contributed by atoms with Crippen LogP contribution in [0.25, 0.3) is 0 Å². The fraction of sp³-hybridized carbons (Fsp3) is 0.939. The summed E-state index contributed by atoms with van der Waals surface area (Å²) in [6.07, 6.45) is 37.0. The predicted molar refractivity (Wildman–Crippen MR) is 236 cm³/mol. The molecule has 0 aromatic carbocycles. The molecule has 0 fully saturated rings. The summed E-state index contributed by atoms with van der Waals surface area (Å²) < 4.78 is 11.4. The molecular weight excluding hydrogens is 683 g/mol. The third-order valence-corrected chi connectivity index (χ3v) is 11.7. The number of hydrogen-bond acceptors (Lipinski definition) is 6. The van der Waals surface area contributed by atoms with Crippen molar-refractivity contribution in [1.82, 2.24) is 4.90 Å². The van der Waals surface area contributed by atoms with Crippen LogP contribution in [-0.2, 0) is 23.9 Å². The lowest BCUT2D eigenvalue weighted by atomic mass is 9.84. The molecule has 0 aliphatic heterocycles. The van der Waals surface area contributed by atoms with Gasteiger partial charge in [-0.1, -0.05) is 181 Å². The molecule has 0 saturated carbocycles. The van der Waals surface area contributed by atoms with Crippen LogP contribution in [0.2, 0.25) is 0 Å². The van der Waals surface area contributed by atoms with Gasteiger partial charge in [0, 0.05) is 19.4 Å². The third-order valence-electron chi connectivity index (χ3n) is 11.7. The first-order chi connectivity index (χ1) is 26.4. The number of hydrogen-bond donors (Lipinski definition) is 0. The summed E-state index contributed by atoms with van der Waals surface area (Å²) in [6, 6.07) is 0. The Hall–Kier alpha value is -1.43. The largest absolute Gasteiger partial charge is 0.465 e. The summed E-state index contributed by atoms with van der Waals surface area (Å²) in [5.74, 6) is 0.667. The Labute approximate surface area is 343 Å². The molecule has 6 heteroatoms. The summed E-state index contributed by atoms with van der Waals surface area (Å²) in [4.78, 5) is 40.6. The SMILES string of the molecule is CCCCCCCCCCCCOC(=O)C(C)(C)CCCCCC(CCCCCC(C)(C)C(=O)OCCCCCCCCCCCC)CC(=O)CCN(C)C. The van der Waals surface area contributed by atoms with Gasteiger partial charge in [-0.2, -0.15) is 0 Å². The maximum Gasteiger partial charge on any atom is 0.311 e. The Bertz CT molecular complexity index is 853. The van der Waals surface area contributed by atoms with Crippen LogP contribution in [0, 0.1) is 16.7 Å². The van der Waals surface area contributed by atoms with Crippen LogP contribution in [0.3, 0.4) is 0 Å². The van der Waals surface area contributed by atoms with Crippen LogP contribution >= 0.6 is 0 Å². The van der Waals surface area contributed by atoms with Crippen molar-refractivity contribution in [3.8, 4) is 0 Å². The fourth-order valence-electron chi connectivity index (χ4n) is 7.58. The summed E-state index contributed by atoms with van der Waals surface area (Å²) in [5, 5.41) is 0. The van der Waals surface area contributed by atoms with Crippen molar-refractivity contribution in [3.05, 3.63) is 0 Å². The standard InChI is InChI=1S/C49H95NO5/c1-9-11-13-15-17-19-21-23-25-33-41-54-46(52)48(3,4)38-31-27-29-35-44(43-45(51)37-40-50(7)8)36-30-28-32-39-49(5,6)47(53)55-42-34-26-24-22-20-18-16-14-12-10-2/h44H,9-43H2,1-8H3. The van der Waals surface area contributed by atoms with E-state index in [0.717, 1.165) is 96.4 Å². The molecule has 326 valence electrons. The highest BCUT2D eigenvalue weighted by Crippen LogP contribution is 2.29. The van der Waals surface area contributed by atoms with Gasteiger partial charge in [-0.25, -0.2) is 0 Å². The first-order valence-electron chi connectivity index (χ1n) is 23.9. The molecule has 0 aliphatic rings. The molecule has 0 atom stereocenters. The molecule has 0 spiro atoms. The maximum atomic E-state index is 12.9. The number of esters is 2. The number of nitrogens with zero attached hydrogens (tertiary/aromatic N) is 1. The number of ketones is 1. The van der Waals surface area contributed by atoms with Gasteiger partial charge in [-0.15, -0.1) is 0 Å². The number of unbranched alkanes of at least 4 members (excludes halogenated alkanes) is 22. The Kier molecular flexibility index (Phi) is 34.8. The Morgan fingerprint density at radius 3 is 1.15 bits per heavy atom. The van der Waals surface area contributed by atoms with Gasteiger partial charge in [0.05, 0.1) is 24.0 Å². The quantitative estimate of drug-likeness (QED) is 0.0455. The number of rotatable bonds is 41. The molecule has 0 radical (unpaired) electrons. The van der Waals surface area contributed by atoms with Crippen molar-refractivity contribution in [2.24, 2.45) is 16.7 Å². The van der Waals surface area contributed by atoms with Gasteiger partial charge in [-0.3, -0.25) is 14.4 Å². The highest BCUT2D eigenvalue weighted by molar-refractivity contribution is 5.78. The molecule has 0 aromatic rings. The second kappa shape index (κ2) is 35.7. The zero-order chi connectivity index (χ0) is 41.0. The molecule has 6 nitrogen and oxygen atoms in total. The molecule has 0 unspecified atom stereocenters. The number of carbonyl (C=O) groups excluding carboxylic acids is 3. The predicted octanol–water partition coefficient (Wildman–Crippen LogP) is 14.4. The average molecular weight is 778 g/mol. The van der Waals surface area contributed by atoms with Gasteiger partial charge in [0.1, 0.15) is 5.78 Å². The maximum absolute atomic E-state index is 12.9. The molecule has 0 heterocycles. The van der Waals surface area contributed by atoms with Gasteiger partial charge in [0.15, 0.2) is 0 Å². The van der Waals surface area contributed by atoms with Crippen molar-refractivity contribution in [1.29, 1.82) is 0 Å². The van der Waals surface area contributed by atoms with Crippen molar-refractivity contribution in [2.75, 3.05) is 33.9 Å². The molecule has 55 heavy (non-hydrogen) atoms. The minimum atomic E-state index is -0.451. The Morgan fingerprint density at radius 2 is 0.800 bits per heavy atom. The van der Waals surface area contributed by atoms with E-state index in [4.69, 9.17) is 9.47 Å². The summed E-state index contributed by atoms with van der Waals surface area (Å²) in [6.45, 7) is 14.5. The second-order valence-corrected chi connectivity index (χ2v) is 18.8. The van der Waals surface area contributed by atoms with Gasteiger partial charge in [0.25, 0.3) is 0 Å². The number of Topliss-reactive ketones (excluding diaryl/α,β-unsaturated/α-hetero) is 1. The topological polar surface area (TPSA) is 72.9 Å². The molecular formula is C49H95NO5. The van der Waals surface area contributed by atoms with Crippen LogP contribution < -0.4 is 0 Å². The zero-order valence-electron chi connectivity index (χ0n) is 38.3. The zero-order valence-corrected chi connectivity index (χ0v) is 38.3. The highest BCUT2D eigenvalue weighted by atomic mass is 16.5. The van der Waals surface area contributed by atoms with Crippen molar-refractivity contribution >= 4 is 17.7 Å². The monoisotopic (exact) mass is 778 g/mol. The van der Waals surface area contributed by atoms with Crippen LogP contribution in [0.15, 0.2) is 0 Å². The first-order valence-corrected chi connectivity index (χ1v) is 23.9. The molecule has 0 aromatic heterocycles. The van der Waals surface area contributed by atoms with Crippen molar-refractivity contribution in [2.45, 2.75) is 247 Å². The summed E-state index contributed by atoms with van der Waals surface area (Å²) >= 11 is 0. The lowest BCUT2D eigenvalue weighted by Gasteiger charge is -2.23. The minimum Gasteiger partial charge on any atom is -0.465 e. The number of carbonyl (C=O) groups is 3. The summed E-state index contributed by atoms with van der Waals surface area (Å²) in [7, 11) is 4.05. The van der Waals surface area contributed by atoms with E-state index >= 15 is 0 Å². The van der Waals surface area contributed by atoms with Crippen LogP contribution in [-0.4, -0.2) is 56.5 Å². The van der Waals surface area contributed by atoms with Crippen molar-refractivity contribution in [3.63, 3.8) is 0 Å². The Morgan fingerprint density at radius 1 is 0.473 bits per heavy atom. The van der Waals surface area contributed by atoms with E-state index in [1.165, 1.54) is 103 Å². The lowest BCUT2D eigenvalue weighted by molar-refractivity contribution is -0.155. The average Bonchev–Trinajstić information content (AvgIpc) is 3.14.